The van der Waals surface area contributed by atoms with Crippen LogP contribution >= 0.6 is 0 Å². The smallest absolute Gasteiger partial charge is 0.333 e. The van der Waals surface area contributed by atoms with E-state index in [0.29, 0.717) is 5.69 Å². The molecule has 3 rings (SSSR count). The van der Waals surface area contributed by atoms with Gasteiger partial charge in [-0.1, -0.05) is 18.2 Å². The number of anilines is 1. The fourth-order valence-corrected chi connectivity index (χ4v) is 2.49. The summed E-state index contributed by atoms with van der Waals surface area (Å²) in [4.78, 5) is 35.7. The molecule has 9 nitrogen and oxygen atoms in total. The summed E-state index contributed by atoms with van der Waals surface area (Å²) in [6.07, 6.45) is 1.25. The summed E-state index contributed by atoms with van der Waals surface area (Å²) in [5.74, 6) is -1.72. The minimum absolute atomic E-state index is 0.0751. The maximum Gasteiger partial charge on any atom is 0.333 e. The van der Waals surface area contributed by atoms with Crippen LogP contribution in [0.1, 0.15) is 5.56 Å². The van der Waals surface area contributed by atoms with Crippen LogP contribution in [0.3, 0.4) is 0 Å². The normalized spacial score (nSPS) is 15.3. The molecular formula is C17H12N3O6-. The van der Waals surface area contributed by atoms with E-state index in [1.54, 1.807) is 30.3 Å². The van der Waals surface area contributed by atoms with Crippen molar-refractivity contribution in [1.82, 2.24) is 5.32 Å². The molecule has 0 unspecified atom stereocenters. The van der Waals surface area contributed by atoms with Gasteiger partial charge in [0.15, 0.2) is 0 Å². The highest BCUT2D eigenvalue weighted by molar-refractivity contribution is 6.28. The molecule has 0 radical (unpaired) electrons. The number of carbonyl (C=O) groups excluding carboxylic acids is 2. The molecule has 0 spiro atoms. The average molecular weight is 354 g/mol. The average Bonchev–Trinajstić information content (AvgIpc) is 2.90. The molecule has 26 heavy (non-hydrogen) atoms. The number of nitro groups is 1. The van der Waals surface area contributed by atoms with Crippen molar-refractivity contribution < 1.29 is 24.4 Å². The SMILES string of the molecule is COc1cc(/C=C2\NC(=O)N(c3ccccc3)C2=O)cc([N+](=O)[O-])c1[O-]. The largest absolute Gasteiger partial charge is 0.865 e. The molecule has 132 valence electrons. The quantitative estimate of drug-likeness (QED) is 0.386. The number of rotatable bonds is 4. The Morgan fingerprint density at radius 2 is 1.88 bits per heavy atom. The van der Waals surface area contributed by atoms with E-state index in [2.05, 4.69) is 5.32 Å². The molecule has 1 aliphatic heterocycles. The van der Waals surface area contributed by atoms with Gasteiger partial charge in [0.05, 0.1) is 17.7 Å². The van der Waals surface area contributed by atoms with Crippen LogP contribution < -0.4 is 20.1 Å². The number of carbonyl (C=O) groups is 2. The van der Waals surface area contributed by atoms with E-state index in [1.807, 2.05) is 0 Å². The third kappa shape index (κ3) is 2.93. The predicted molar refractivity (Wildman–Crippen MR) is 89.5 cm³/mol. The van der Waals surface area contributed by atoms with Crippen LogP contribution in [-0.2, 0) is 4.79 Å². The van der Waals surface area contributed by atoms with Crippen LogP contribution in [0.4, 0.5) is 16.2 Å². The molecular weight excluding hydrogens is 342 g/mol. The van der Waals surface area contributed by atoms with E-state index >= 15 is 0 Å². The highest BCUT2D eigenvalue weighted by Crippen LogP contribution is 2.35. The summed E-state index contributed by atoms with van der Waals surface area (Å²) in [6, 6.07) is 9.93. The second-order valence-corrected chi connectivity index (χ2v) is 5.29. The molecule has 1 aliphatic rings. The van der Waals surface area contributed by atoms with Crippen molar-refractivity contribution in [3.8, 4) is 11.5 Å². The van der Waals surface area contributed by atoms with Gasteiger partial charge in [0.2, 0.25) is 0 Å². The van der Waals surface area contributed by atoms with Gasteiger partial charge < -0.3 is 15.2 Å². The summed E-state index contributed by atoms with van der Waals surface area (Å²) in [5, 5.41) is 25.3. The monoisotopic (exact) mass is 354 g/mol. The first-order chi connectivity index (χ1) is 12.4. The molecule has 0 bridgehead atoms. The molecule has 2 aromatic carbocycles. The van der Waals surface area contributed by atoms with E-state index < -0.39 is 28.3 Å². The van der Waals surface area contributed by atoms with Gasteiger partial charge in [-0.3, -0.25) is 14.9 Å². The Balaban J connectivity index is 2.01. The lowest BCUT2D eigenvalue weighted by Crippen LogP contribution is -2.30. The lowest BCUT2D eigenvalue weighted by atomic mass is 10.1. The molecule has 2 aromatic rings. The zero-order valence-electron chi connectivity index (χ0n) is 13.5. The van der Waals surface area contributed by atoms with Gasteiger partial charge in [-0.05, 0) is 29.8 Å². The number of hydrogen-bond acceptors (Lipinski definition) is 6. The van der Waals surface area contributed by atoms with Crippen LogP contribution in [0.5, 0.6) is 11.5 Å². The van der Waals surface area contributed by atoms with Crippen LogP contribution in [0.2, 0.25) is 0 Å². The lowest BCUT2D eigenvalue weighted by Gasteiger charge is -2.13. The van der Waals surface area contributed by atoms with Gasteiger partial charge in [-0.2, -0.15) is 0 Å². The first-order valence-corrected chi connectivity index (χ1v) is 7.38. The van der Waals surface area contributed by atoms with Crippen LogP contribution in [0.25, 0.3) is 6.08 Å². The fraction of sp³-hybridized carbons (Fsp3) is 0.0588. The van der Waals surface area contributed by atoms with Crippen molar-refractivity contribution >= 4 is 29.4 Å². The number of nitro benzene ring substituents is 1. The van der Waals surface area contributed by atoms with Crippen LogP contribution in [-0.4, -0.2) is 24.0 Å². The molecule has 9 heteroatoms. The van der Waals surface area contributed by atoms with Gasteiger partial charge in [0, 0.05) is 11.8 Å². The van der Waals surface area contributed by atoms with Crippen molar-refractivity contribution in [2.24, 2.45) is 0 Å². The maximum atomic E-state index is 12.5. The van der Waals surface area contributed by atoms with E-state index in [4.69, 9.17) is 4.74 Å². The summed E-state index contributed by atoms with van der Waals surface area (Å²) >= 11 is 0. The van der Waals surface area contributed by atoms with Crippen LogP contribution in [0.15, 0.2) is 48.2 Å². The molecule has 1 saturated heterocycles. The Hall–Kier alpha value is -3.88. The van der Waals surface area contributed by atoms with Gasteiger partial charge in [0.25, 0.3) is 11.6 Å². The second kappa shape index (κ2) is 6.55. The molecule has 0 aliphatic carbocycles. The third-order valence-corrected chi connectivity index (χ3v) is 3.68. The molecule has 1 heterocycles. The van der Waals surface area contributed by atoms with E-state index in [9.17, 15) is 24.8 Å². The van der Waals surface area contributed by atoms with Crippen molar-refractivity contribution in [2.45, 2.75) is 0 Å². The number of hydrogen-bond donors (Lipinski definition) is 1. The summed E-state index contributed by atoms with van der Waals surface area (Å²) in [6.45, 7) is 0. The molecule has 0 saturated carbocycles. The number of ether oxygens (including phenoxy) is 1. The number of benzene rings is 2. The lowest BCUT2D eigenvalue weighted by molar-refractivity contribution is -0.398. The minimum Gasteiger partial charge on any atom is -0.865 e. The Labute approximate surface area is 147 Å². The third-order valence-electron chi connectivity index (χ3n) is 3.68. The Kier molecular flexibility index (Phi) is 4.27. The summed E-state index contributed by atoms with van der Waals surface area (Å²) in [5.41, 5.74) is -0.203. The zero-order chi connectivity index (χ0) is 18.8. The zero-order valence-corrected chi connectivity index (χ0v) is 13.5. The molecule has 3 amide bonds. The highest BCUT2D eigenvalue weighted by atomic mass is 16.6. The fourth-order valence-electron chi connectivity index (χ4n) is 2.49. The highest BCUT2D eigenvalue weighted by Gasteiger charge is 2.34. The van der Waals surface area contributed by atoms with E-state index in [-0.39, 0.29) is 17.0 Å². The van der Waals surface area contributed by atoms with Crippen molar-refractivity contribution in [3.05, 3.63) is 63.8 Å². The standard InChI is InChI=1S/C17H13N3O6/c1-26-14-9-10(8-13(15(14)21)20(24)25)7-12-16(22)19(17(23)18-12)11-5-3-2-4-6-11/h2-9,21H,1H3,(H,18,23)/p-1/b12-7-. The van der Waals surface area contributed by atoms with Crippen LogP contribution in [0, 0.1) is 10.1 Å². The summed E-state index contributed by atoms with van der Waals surface area (Å²) < 4.78 is 4.85. The van der Waals surface area contributed by atoms with Gasteiger partial charge in [-0.15, -0.1) is 0 Å². The number of amides is 3. The number of nitrogens with zero attached hydrogens (tertiary/aromatic N) is 2. The van der Waals surface area contributed by atoms with E-state index in [1.165, 1.54) is 19.3 Å². The van der Waals surface area contributed by atoms with Gasteiger partial charge >= 0.3 is 6.03 Å². The van der Waals surface area contributed by atoms with Crippen molar-refractivity contribution in [2.75, 3.05) is 12.0 Å². The molecule has 0 aromatic heterocycles. The number of para-hydroxylation sites is 1. The van der Waals surface area contributed by atoms with Crippen molar-refractivity contribution in [1.29, 1.82) is 0 Å². The van der Waals surface area contributed by atoms with E-state index in [0.717, 1.165) is 11.0 Å². The Bertz CT molecular complexity index is 939. The first-order valence-electron chi connectivity index (χ1n) is 7.38. The number of nitrogens with one attached hydrogen (secondary N) is 1. The summed E-state index contributed by atoms with van der Waals surface area (Å²) in [7, 11) is 1.21. The Morgan fingerprint density at radius 1 is 1.19 bits per heavy atom. The maximum absolute atomic E-state index is 12.5. The van der Waals surface area contributed by atoms with Crippen molar-refractivity contribution in [3.63, 3.8) is 0 Å². The topological polar surface area (TPSA) is 125 Å². The predicted octanol–water partition coefficient (Wildman–Crippen LogP) is 1.77. The number of urea groups is 1. The second-order valence-electron chi connectivity index (χ2n) is 5.29. The first kappa shape index (κ1) is 17.0. The minimum atomic E-state index is -0.868. The Morgan fingerprint density at radius 3 is 2.50 bits per heavy atom. The molecule has 1 fully saturated rings. The number of imide groups is 1. The molecule has 1 N–H and O–H groups in total. The molecule has 0 atom stereocenters. The number of methoxy groups -OCH3 is 1. The van der Waals surface area contributed by atoms with Gasteiger partial charge in [0.1, 0.15) is 11.4 Å². The van der Waals surface area contributed by atoms with Gasteiger partial charge in [-0.25, -0.2) is 9.69 Å².